The van der Waals surface area contributed by atoms with Gasteiger partial charge in [0.1, 0.15) is 11.9 Å². The highest BCUT2D eigenvalue weighted by Gasteiger charge is 2.32. The van der Waals surface area contributed by atoms with Crippen molar-refractivity contribution in [2.75, 3.05) is 40.5 Å². The van der Waals surface area contributed by atoms with Gasteiger partial charge in [-0.25, -0.2) is 0 Å². The molecule has 1 saturated heterocycles. The van der Waals surface area contributed by atoms with Crippen molar-refractivity contribution in [3.05, 3.63) is 29.8 Å². The van der Waals surface area contributed by atoms with Crippen molar-refractivity contribution in [1.29, 1.82) is 0 Å². The van der Waals surface area contributed by atoms with Crippen LogP contribution in [0.1, 0.15) is 25.3 Å². The third kappa shape index (κ3) is 5.90. The van der Waals surface area contributed by atoms with Crippen LogP contribution in [0.3, 0.4) is 0 Å². The van der Waals surface area contributed by atoms with Crippen molar-refractivity contribution < 1.29 is 14.2 Å². The zero-order valence-electron chi connectivity index (χ0n) is 15.8. The van der Waals surface area contributed by atoms with Crippen LogP contribution in [0.2, 0.25) is 0 Å². The van der Waals surface area contributed by atoms with Gasteiger partial charge in [-0.1, -0.05) is 18.2 Å². The number of aliphatic imine (C=N–C) groups is 1. The molecule has 6 nitrogen and oxygen atoms in total. The van der Waals surface area contributed by atoms with E-state index in [9.17, 15) is 0 Å². The number of ether oxygens (including phenoxy) is 3. The molecule has 2 rings (SSSR count). The number of rotatable bonds is 7. The third-order valence-electron chi connectivity index (χ3n) is 4.62. The van der Waals surface area contributed by atoms with E-state index in [1.54, 1.807) is 14.2 Å². The Morgan fingerprint density at radius 2 is 2.00 bits per heavy atom. The zero-order valence-corrected chi connectivity index (χ0v) is 15.8. The van der Waals surface area contributed by atoms with E-state index in [0.717, 1.165) is 43.3 Å². The van der Waals surface area contributed by atoms with E-state index >= 15 is 0 Å². The molecule has 0 aliphatic carbocycles. The Hall–Kier alpha value is -1.79. The van der Waals surface area contributed by atoms with Gasteiger partial charge in [-0.3, -0.25) is 4.99 Å². The van der Waals surface area contributed by atoms with E-state index in [0.29, 0.717) is 13.1 Å². The molecule has 1 aromatic carbocycles. The minimum absolute atomic E-state index is 0.0270. The smallest absolute Gasteiger partial charge is 0.191 e. The summed E-state index contributed by atoms with van der Waals surface area (Å²) in [4.78, 5) is 4.29. The highest BCUT2D eigenvalue weighted by atomic mass is 16.5. The Balaban J connectivity index is 1.78. The quantitative estimate of drug-likeness (QED) is 0.583. The Labute approximate surface area is 151 Å². The normalized spacial score (nSPS) is 18.5. The van der Waals surface area contributed by atoms with Crippen LogP contribution in [0.4, 0.5) is 0 Å². The average molecular weight is 349 g/mol. The molecule has 0 spiro atoms. The standard InChI is InChI=1S/C19H31N3O3/c1-15-7-5-6-8-17(15)25-16(2)13-21-18(20-3)22-14-19(23-4)9-11-24-12-10-19/h5-8,16H,9-14H2,1-4H3,(H2,20,21,22). The summed E-state index contributed by atoms with van der Waals surface area (Å²) in [5.41, 5.74) is 0.956. The highest BCUT2D eigenvalue weighted by Crippen LogP contribution is 2.23. The molecular formula is C19H31N3O3. The number of nitrogens with zero attached hydrogens (tertiary/aromatic N) is 1. The number of aryl methyl sites for hydroxylation is 1. The van der Waals surface area contributed by atoms with Gasteiger partial charge >= 0.3 is 0 Å². The average Bonchev–Trinajstić information content (AvgIpc) is 2.64. The van der Waals surface area contributed by atoms with Gasteiger partial charge in [0, 0.05) is 46.8 Å². The Morgan fingerprint density at radius 1 is 1.28 bits per heavy atom. The summed E-state index contributed by atoms with van der Waals surface area (Å²) in [7, 11) is 3.53. The van der Waals surface area contributed by atoms with Crippen LogP contribution in [0.15, 0.2) is 29.3 Å². The minimum atomic E-state index is -0.181. The summed E-state index contributed by atoms with van der Waals surface area (Å²) in [5.74, 6) is 1.67. The molecule has 1 aliphatic rings. The van der Waals surface area contributed by atoms with Gasteiger partial charge in [-0.2, -0.15) is 0 Å². The minimum Gasteiger partial charge on any atom is -0.489 e. The van der Waals surface area contributed by atoms with Crippen LogP contribution in [-0.4, -0.2) is 58.1 Å². The molecule has 1 aromatic rings. The molecule has 140 valence electrons. The number of methoxy groups -OCH3 is 1. The maximum Gasteiger partial charge on any atom is 0.191 e. The number of hydrogen-bond acceptors (Lipinski definition) is 4. The van der Waals surface area contributed by atoms with Crippen LogP contribution in [-0.2, 0) is 9.47 Å². The fourth-order valence-electron chi connectivity index (χ4n) is 2.85. The first-order chi connectivity index (χ1) is 12.1. The second-order valence-electron chi connectivity index (χ2n) is 6.50. The van der Waals surface area contributed by atoms with Crippen LogP contribution >= 0.6 is 0 Å². The van der Waals surface area contributed by atoms with Gasteiger partial charge < -0.3 is 24.8 Å². The summed E-state index contributed by atoms with van der Waals surface area (Å²) < 4.78 is 17.2. The summed E-state index contributed by atoms with van der Waals surface area (Å²) in [6.45, 7) is 6.94. The lowest BCUT2D eigenvalue weighted by Gasteiger charge is -2.36. The largest absolute Gasteiger partial charge is 0.489 e. The molecule has 1 unspecified atom stereocenters. The van der Waals surface area contributed by atoms with Gasteiger partial charge in [0.15, 0.2) is 5.96 Å². The first-order valence-corrected chi connectivity index (χ1v) is 8.88. The predicted octanol–water partition coefficient (Wildman–Crippen LogP) is 2.12. The fourth-order valence-corrected chi connectivity index (χ4v) is 2.85. The SMILES string of the molecule is CN=C(NCC(C)Oc1ccccc1C)NCC1(OC)CCOCC1. The van der Waals surface area contributed by atoms with E-state index < -0.39 is 0 Å². The number of nitrogens with one attached hydrogen (secondary N) is 2. The van der Waals surface area contributed by atoms with Crippen molar-refractivity contribution >= 4 is 5.96 Å². The second-order valence-corrected chi connectivity index (χ2v) is 6.50. The second kappa shape index (κ2) is 9.63. The predicted molar refractivity (Wildman–Crippen MR) is 100 cm³/mol. The molecule has 25 heavy (non-hydrogen) atoms. The monoisotopic (exact) mass is 349 g/mol. The van der Waals surface area contributed by atoms with Gasteiger partial charge in [-0.05, 0) is 25.5 Å². The fraction of sp³-hybridized carbons (Fsp3) is 0.632. The van der Waals surface area contributed by atoms with Crippen LogP contribution in [0.5, 0.6) is 5.75 Å². The molecule has 0 aromatic heterocycles. The maximum absolute atomic E-state index is 5.99. The van der Waals surface area contributed by atoms with Crippen molar-refractivity contribution in [2.45, 2.75) is 38.4 Å². The van der Waals surface area contributed by atoms with E-state index in [4.69, 9.17) is 14.2 Å². The van der Waals surface area contributed by atoms with E-state index in [-0.39, 0.29) is 11.7 Å². The molecule has 1 atom stereocenters. The third-order valence-corrected chi connectivity index (χ3v) is 4.62. The van der Waals surface area contributed by atoms with Crippen LogP contribution < -0.4 is 15.4 Å². The van der Waals surface area contributed by atoms with Gasteiger partial charge in [0.2, 0.25) is 0 Å². The molecule has 2 N–H and O–H groups in total. The zero-order chi connectivity index (χ0) is 18.1. The lowest BCUT2D eigenvalue weighted by molar-refractivity contribution is -0.0855. The van der Waals surface area contributed by atoms with E-state index in [2.05, 4.69) is 15.6 Å². The van der Waals surface area contributed by atoms with Crippen molar-refractivity contribution in [2.24, 2.45) is 4.99 Å². The first-order valence-electron chi connectivity index (χ1n) is 8.88. The van der Waals surface area contributed by atoms with Crippen molar-refractivity contribution in [1.82, 2.24) is 10.6 Å². The number of para-hydroxylation sites is 1. The Kier molecular flexibility index (Phi) is 7.52. The number of guanidine groups is 1. The van der Waals surface area contributed by atoms with E-state index in [1.165, 1.54) is 0 Å². The highest BCUT2D eigenvalue weighted by molar-refractivity contribution is 5.79. The van der Waals surface area contributed by atoms with E-state index in [1.807, 2.05) is 38.1 Å². The number of benzene rings is 1. The topological polar surface area (TPSA) is 64.1 Å². The Bertz CT molecular complexity index is 557. The first kappa shape index (κ1) is 19.5. The lowest BCUT2D eigenvalue weighted by atomic mass is 9.94. The molecule has 6 heteroatoms. The Morgan fingerprint density at radius 3 is 2.64 bits per heavy atom. The summed E-state index contributed by atoms with van der Waals surface area (Å²) in [6.07, 6.45) is 1.81. The molecule has 1 fully saturated rings. The maximum atomic E-state index is 5.99. The molecule has 0 amide bonds. The number of hydrogen-bond donors (Lipinski definition) is 2. The molecule has 1 aliphatic heterocycles. The molecule has 1 heterocycles. The summed E-state index contributed by atoms with van der Waals surface area (Å²) in [5, 5.41) is 6.68. The van der Waals surface area contributed by atoms with Gasteiger partial charge in [0.25, 0.3) is 0 Å². The van der Waals surface area contributed by atoms with Gasteiger partial charge in [-0.15, -0.1) is 0 Å². The summed E-state index contributed by atoms with van der Waals surface area (Å²) in [6, 6.07) is 8.04. The van der Waals surface area contributed by atoms with Crippen molar-refractivity contribution in [3.8, 4) is 5.75 Å². The summed E-state index contributed by atoms with van der Waals surface area (Å²) >= 11 is 0. The van der Waals surface area contributed by atoms with Gasteiger partial charge in [0.05, 0.1) is 12.1 Å². The van der Waals surface area contributed by atoms with Crippen LogP contribution in [0.25, 0.3) is 0 Å². The molecular weight excluding hydrogens is 318 g/mol. The van der Waals surface area contributed by atoms with Crippen LogP contribution in [0, 0.1) is 6.92 Å². The lowest BCUT2D eigenvalue weighted by Crippen LogP contribution is -2.51. The molecule has 0 radical (unpaired) electrons. The molecule has 0 bridgehead atoms. The van der Waals surface area contributed by atoms with Crippen molar-refractivity contribution in [3.63, 3.8) is 0 Å². The molecule has 0 saturated carbocycles.